The van der Waals surface area contributed by atoms with Gasteiger partial charge in [0.15, 0.2) is 0 Å². The van der Waals surface area contributed by atoms with E-state index in [1.807, 2.05) is 29.6 Å². The summed E-state index contributed by atoms with van der Waals surface area (Å²) in [5.41, 5.74) is 0.642. The van der Waals surface area contributed by atoms with Gasteiger partial charge in [0.05, 0.1) is 0 Å². The van der Waals surface area contributed by atoms with Crippen molar-refractivity contribution in [3.05, 3.63) is 35.2 Å². The molecule has 0 saturated heterocycles. The molecule has 0 radical (unpaired) electrons. The lowest BCUT2D eigenvalue weighted by Gasteiger charge is -2.16. The lowest BCUT2D eigenvalue weighted by Crippen LogP contribution is -2.28. The first-order valence-corrected chi connectivity index (χ1v) is 6.90. The molecule has 0 aliphatic rings. The van der Waals surface area contributed by atoms with Gasteiger partial charge in [-0.15, -0.1) is 11.3 Å². The quantitative estimate of drug-likeness (QED) is 0.914. The van der Waals surface area contributed by atoms with E-state index in [4.69, 9.17) is 5.11 Å². The first kappa shape index (κ1) is 13.5. The van der Waals surface area contributed by atoms with Gasteiger partial charge in [0.2, 0.25) is 0 Å². The Morgan fingerprint density at radius 2 is 2.11 bits per heavy atom. The molecule has 4 nitrogen and oxygen atoms in total. The van der Waals surface area contributed by atoms with Crippen LogP contribution in [0.25, 0.3) is 10.1 Å². The minimum absolute atomic E-state index is 0.0708. The third kappa shape index (κ3) is 3.32. The van der Waals surface area contributed by atoms with Crippen LogP contribution in [0.15, 0.2) is 29.6 Å². The highest BCUT2D eigenvalue weighted by Gasteiger charge is 2.12. The van der Waals surface area contributed by atoms with Gasteiger partial charge in [0.25, 0.3) is 5.91 Å². The number of fused-ring (bicyclic) bond motifs is 1. The van der Waals surface area contributed by atoms with E-state index in [2.05, 4.69) is 0 Å². The number of hydrogen-bond donors (Lipinski definition) is 1. The largest absolute Gasteiger partial charge is 0.481 e. The van der Waals surface area contributed by atoms with Crippen molar-refractivity contribution in [2.24, 2.45) is 0 Å². The maximum atomic E-state index is 12.2. The number of carbonyl (C=O) groups is 2. The summed E-state index contributed by atoms with van der Waals surface area (Å²) < 4.78 is 1.16. The molecule has 2 rings (SSSR count). The second kappa shape index (κ2) is 5.84. The Bertz CT molecular complexity index is 606. The van der Waals surface area contributed by atoms with Crippen LogP contribution in [0.1, 0.15) is 23.2 Å². The van der Waals surface area contributed by atoms with E-state index in [1.165, 1.54) is 0 Å². The number of amides is 1. The monoisotopic (exact) mass is 277 g/mol. The van der Waals surface area contributed by atoms with Crippen LogP contribution >= 0.6 is 11.3 Å². The molecule has 0 aliphatic heterocycles. The number of rotatable bonds is 5. The van der Waals surface area contributed by atoms with E-state index < -0.39 is 5.97 Å². The number of carbonyl (C=O) groups excluding carboxylic acids is 1. The maximum Gasteiger partial charge on any atom is 0.303 e. The molecule has 0 aliphatic carbocycles. The number of carboxylic acids is 1. The summed E-state index contributed by atoms with van der Waals surface area (Å²) in [5, 5.41) is 11.6. The molecule has 19 heavy (non-hydrogen) atoms. The number of carboxylic acid groups (broad SMARTS) is 1. The molecule has 1 N–H and O–H groups in total. The number of benzene rings is 1. The van der Waals surface area contributed by atoms with Crippen molar-refractivity contribution in [1.29, 1.82) is 0 Å². The van der Waals surface area contributed by atoms with Crippen molar-refractivity contribution >= 4 is 33.3 Å². The van der Waals surface area contributed by atoms with Gasteiger partial charge in [0.1, 0.15) is 0 Å². The Balaban J connectivity index is 2.03. The molecule has 2 aromatic rings. The molecule has 5 heteroatoms. The van der Waals surface area contributed by atoms with E-state index >= 15 is 0 Å². The zero-order valence-corrected chi connectivity index (χ0v) is 11.4. The molecule has 0 fully saturated rings. The maximum absolute atomic E-state index is 12.2. The summed E-state index contributed by atoms with van der Waals surface area (Å²) >= 11 is 1.64. The van der Waals surface area contributed by atoms with Crippen molar-refractivity contribution in [2.45, 2.75) is 12.8 Å². The van der Waals surface area contributed by atoms with E-state index in [1.54, 1.807) is 23.3 Å². The van der Waals surface area contributed by atoms with Crippen LogP contribution in [0.5, 0.6) is 0 Å². The summed E-state index contributed by atoms with van der Waals surface area (Å²) in [5.74, 6) is -0.904. The van der Waals surface area contributed by atoms with Crippen molar-refractivity contribution in [3.63, 3.8) is 0 Å². The average molecular weight is 277 g/mol. The van der Waals surface area contributed by atoms with E-state index in [9.17, 15) is 9.59 Å². The molecule has 1 heterocycles. The van der Waals surface area contributed by atoms with Gasteiger partial charge in [0, 0.05) is 30.3 Å². The lowest BCUT2D eigenvalue weighted by molar-refractivity contribution is -0.137. The summed E-state index contributed by atoms with van der Waals surface area (Å²) in [4.78, 5) is 24.2. The highest BCUT2D eigenvalue weighted by molar-refractivity contribution is 7.17. The van der Waals surface area contributed by atoms with Gasteiger partial charge in [-0.25, -0.2) is 0 Å². The number of aliphatic carboxylic acids is 1. The molecule has 0 spiro atoms. The van der Waals surface area contributed by atoms with Crippen molar-refractivity contribution in [2.75, 3.05) is 13.6 Å². The zero-order valence-electron chi connectivity index (χ0n) is 10.6. The van der Waals surface area contributed by atoms with Crippen LogP contribution in [0, 0.1) is 0 Å². The van der Waals surface area contributed by atoms with Gasteiger partial charge >= 0.3 is 5.97 Å². The summed E-state index contributed by atoms with van der Waals surface area (Å²) in [7, 11) is 1.70. The predicted molar refractivity (Wildman–Crippen MR) is 75.7 cm³/mol. The van der Waals surface area contributed by atoms with Gasteiger partial charge in [-0.1, -0.05) is 0 Å². The summed E-state index contributed by atoms with van der Waals surface area (Å²) in [6, 6.07) is 7.62. The minimum Gasteiger partial charge on any atom is -0.481 e. The molecular formula is C14H15NO3S. The molecule has 0 bridgehead atoms. The van der Waals surface area contributed by atoms with E-state index in [-0.39, 0.29) is 12.3 Å². The van der Waals surface area contributed by atoms with Crippen molar-refractivity contribution in [1.82, 2.24) is 4.90 Å². The number of hydrogen-bond acceptors (Lipinski definition) is 3. The first-order chi connectivity index (χ1) is 9.08. The van der Waals surface area contributed by atoms with Crippen LogP contribution < -0.4 is 0 Å². The lowest BCUT2D eigenvalue weighted by atomic mass is 10.1. The number of nitrogens with zero attached hydrogens (tertiary/aromatic N) is 1. The highest BCUT2D eigenvalue weighted by atomic mass is 32.1. The second-order valence-corrected chi connectivity index (χ2v) is 5.34. The SMILES string of the molecule is CN(CCCC(=O)O)C(=O)c1ccc2sccc2c1. The predicted octanol–water partition coefficient (Wildman–Crippen LogP) is 2.84. The van der Waals surface area contributed by atoms with Crippen LogP contribution in [-0.4, -0.2) is 35.5 Å². The smallest absolute Gasteiger partial charge is 0.303 e. The second-order valence-electron chi connectivity index (χ2n) is 4.40. The summed E-state index contributed by atoms with van der Waals surface area (Å²) in [6.07, 6.45) is 0.555. The third-order valence-corrected chi connectivity index (χ3v) is 3.83. The van der Waals surface area contributed by atoms with E-state index in [0.717, 1.165) is 10.1 Å². The first-order valence-electron chi connectivity index (χ1n) is 6.02. The average Bonchev–Trinajstić information content (AvgIpc) is 2.84. The van der Waals surface area contributed by atoms with Gasteiger partial charge in [-0.3, -0.25) is 9.59 Å². The Kier molecular flexibility index (Phi) is 4.16. The number of thiophene rings is 1. The van der Waals surface area contributed by atoms with Gasteiger partial charge in [-0.05, 0) is 41.5 Å². The Morgan fingerprint density at radius 1 is 1.32 bits per heavy atom. The fourth-order valence-corrected chi connectivity index (χ4v) is 2.66. The fraction of sp³-hybridized carbons (Fsp3) is 0.286. The molecule has 1 amide bonds. The Hall–Kier alpha value is -1.88. The van der Waals surface area contributed by atoms with Crippen LogP contribution in [-0.2, 0) is 4.79 Å². The molecule has 1 aromatic carbocycles. The third-order valence-electron chi connectivity index (χ3n) is 2.93. The van der Waals surface area contributed by atoms with Crippen LogP contribution in [0.2, 0.25) is 0 Å². The van der Waals surface area contributed by atoms with Gasteiger partial charge < -0.3 is 10.0 Å². The standard InChI is InChI=1S/C14H15NO3S/c1-15(7-2-3-13(16)17)14(18)11-4-5-12-10(9-11)6-8-19-12/h4-6,8-9H,2-3,7H2,1H3,(H,16,17). The minimum atomic E-state index is -0.833. The van der Waals surface area contributed by atoms with Gasteiger partial charge in [-0.2, -0.15) is 0 Å². The van der Waals surface area contributed by atoms with Crippen molar-refractivity contribution in [3.8, 4) is 0 Å². The normalized spacial score (nSPS) is 10.6. The van der Waals surface area contributed by atoms with Crippen LogP contribution in [0.4, 0.5) is 0 Å². The Morgan fingerprint density at radius 3 is 2.84 bits per heavy atom. The topological polar surface area (TPSA) is 57.6 Å². The van der Waals surface area contributed by atoms with Crippen LogP contribution in [0.3, 0.4) is 0 Å². The molecular weight excluding hydrogens is 262 g/mol. The zero-order chi connectivity index (χ0) is 13.8. The molecule has 0 atom stereocenters. The fourth-order valence-electron chi connectivity index (χ4n) is 1.89. The Labute approximate surface area is 115 Å². The molecule has 1 aromatic heterocycles. The summed E-state index contributed by atoms with van der Waals surface area (Å²) in [6.45, 7) is 0.451. The molecule has 100 valence electrons. The molecule has 0 saturated carbocycles. The van der Waals surface area contributed by atoms with Crippen molar-refractivity contribution < 1.29 is 14.7 Å². The van der Waals surface area contributed by atoms with E-state index in [0.29, 0.717) is 18.5 Å². The highest BCUT2D eigenvalue weighted by Crippen LogP contribution is 2.22. The molecule has 0 unspecified atom stereocenters.